The Morgan fingerprint density at radius 2 is 2.24 bits per heavy atom. The van der Waals surface area contributed by atoms with Crippen molar-refractivity contribution in [3.63, 3.8) is 0 Å². The molecule has 1 fully saturated rings. The van der Waals surface area contributed by atoms with Crippen molar-refractivity contribution in [3.8, 4) is 0 Å². The number of nitrogens with one attached hydrogen (secondary N) is 1. The van der Waals surface area contributed by atoms with Crippen LogP contribution in [0.3, 0.4) is 0 Å². The highest BCUT2D eigenvalue weighted by atomic mass is 16.5. The highest BCUT2D eigenvalue weighted by Crippen LogP contribution is 2.42. The Balaban J connectivity index is 2.23. The molecule has 1 heterocycles. The van der Waals surface area contributed by atoms with E-state index in [-0.39, 0.29) is 5.60 Å². The van der Waals surface area contributed by atoms with Crippen LogP contribution in [0.15, 0.2) is 6.20 Å². The van der Waals surface area contributed by atoms with Gasteiger partial charge in [-0.3, -0.25) is 0 Å². The zero-order chi connectivity index (χ0) is 12.3. The number of aryl methyl sites for hydroxylation is 1. The molecule has 1 aliphatic carbocycles. The van der Waals surface area contributed by atoms with Crippen LogP contribution in [-0.2, 0) is 16.9 Å². The van der Waals surface area contributed by atoms with Gasteiger partial charge in [-0.2, -0.15) is 0 Å². The van der Waals surface area contributed by atoms with E-state index in [1.54, 1.807) is 7.11 Å². The summed E-state index contributed by atoms with van der Waals surface area (Å²) in [5, 5.41) is 3.31. The van der Waals surface area contributed by atoms with Crippen LogP contribution in [-0.4, -0.2) is 23.6 Å². The first-order valence-corrected chi connectivity index (χ1v) is 6.30. The molecule has 1 aromatic rings. The van der Waals surface area contributed by atoms with Gasteiger partial charge in [0.1, 0.15) is 5.60 Å². The molecule has 2 rings (SSSR count). The third-order valence-electron chi connectivity index (χ3n) is 3.58. The number of hydrogen-bond donors (Lipinski definition) is 1. The highest BCUT2D eigenvalue weighted by Gasteiger charge is 2.41. The topological polar surface area (TPSA) is 47.0 Å². The average molecular weight is 235 g/mol. The van der Waals surface area contributed by atoms with E-state index in [9.17, 15) is 0 Å². The molecule has 94 valence electrons. The lowest BCUT2D eigenvalue weighted by atomic mass is 9.79. The molecule has 4 heteroatoms. The third-order valence-corrected chi connectivity index (χ3v) is 3.58. The van der Waals surface area contributed by atoms with Crippen molar-refractivity contribution in [2.45, 2.75) is 45.3 Å². The van der Waals surface area contributed by atoms with Gasteiger partial charge >= 0.3 is 0 Å². The quantitative estimate of drug-likeness (QED) is 0.847. The molecule has 0 bridgehead atoms. The van der Waals surface area contributed by atoms with E-state index in [4.69, 9.17) is 4.74 Å². The molecule has 0 amide bonds. The van der Waals surface area contributed by atoms with Gasteiger partial charge < -0.3 is 10.1 Å². The van der Waals surface area contributed by atoms with E-state index in [1.807, 2.05) is 6.20 Å². The van der Waals surface area contributed by atoms with Gasteiger partial charge in [0.05, 0.1) is 5.69 Å². The molecule has 0 unspecified atom stereocenters. The van der Waals surface area contributed by atoms with Gasteiger partial charge in [0, 0.05) is 19.9 Å². The van der Waals surface area contributed by atoms with E-state index in [2.05, 4.69) is 29.1 Å². The molecule has 0 atom stereocenters. The second-order valence-corrected chi connectivity index (χ2v) is 4.66. The van der Waals surface area contributed by atoms with Gasteiger partial charge in [-0.25, -0.2) is 9.97 Å². The van der Waals surface area contributed by atoms with Gasteiger partial charge in [0.25, 0.3) is 0 Å². The minimum Gasteiger partial charge on any atom is -0.370 e. The standard InChI is InChI=1S/C13H21N3O/c1-4-14-9-11-10(2)8-15-12(16-11)13(17-3)6-5-7-13/h8,14H,4-7,9H2,1-3H3. The van der Waals surface area contributed by atoms with E-state index in [0.717, 1.165) is 43.0 Å². The second kappa shape index (κ2) is 5.10. The van der Waals surface area contributed by atoms with Crippen LogP contribution >= 0.6 is 0 Å². The van der Waals surface area contributed by atoms with Crippen LogP contribution in [0.25, 0.3) is 0 Å². The fourth-order valence-electron chi connectivity index (χ4n) is 2.14. The first kappa shape index (κ1) is 12.5. The smallest absolute Gasteiger partial charge is 0.160 e. The van der Waals surface area contributed by atoms with Crippen LogP contribution in [0.1, 0.15) is 43.3 Å². The summed E-state index contributed by atoms with van der Waals surface area (Å²) in [5.41, 5.74) is 2.01. The first-order chi connectivity index (χ1) is 8.22. The van der Waals surface area contributed by atoms with E-state index >= 15 is 0 Å². The molecule has 0 radical (unpaired) electrons. The van der Waals surface area contributed by atoms with Gasteiger partial charge in [0.15, 0.2) is 5.82 Å². The van der Waals surface area contributed by atoms with Crippen LogP contribution in [0.2, 0.25) is 0 Å². The zero-order valence-corrected chi connectivity index (χ0v) is 10.9. The number of hydrogen-bond acceptors (Lipinski definition) is 4. The van der Waals surface area contributed by atoms with Gasteiger partial charge in [-0.1, -0.05) is 6.92 Å². The average Bonchev–Trinajstić information content (AvgIpc) is 2.28. The molecule has 1 saturated carbocycles. The Bertz CT molecular complexity index is 383. The molecule has 4 nitrogen and oxygen atoms in total. The minimum atomic E-state index is -0.214. The van der Waals surface area contributed by atoms with E-state index in [1.165, 1.54) is 6.42 Å². The second-order valence-electron chi connectivity index (χ2n) is 4.66. The molecule has 1 aromatic heterocycles. The van der Waals surface area contributed by atoms with Crippen molar-refractivity contribution in [1.82, 2.24) is 15.3 Å². The Kier molecular flexibility index (Phi) is 3.74. The van der Waals surface area contributed by atoms with Gasteiger partial charge in [-0.15, -0.1) is 0 Å². The molecule has 0 saturated heterocycles. The van der Waals surface area contributed by atoms with Crippen molar-refractivity contribution in [1.29, 1.82) is 0 Å². The highest BCUT2D eigenvalue weighted by molar-refractivity contribution is 5.19. The van der Waals surface area contributed by atoms with Crippen molar-refractivity contribution in [3.05, 3.63) is 23.3 Å². The largest absolute Gasteiger partial charge is 0.370 e. The molecule has 0 spiro atoms. The Morgan fingerprint density at radius 1 is 1.47 bits per heavy atom. The summed E-state index contributed by atoms with van der Waals surface area (Å²) >= 11 is 0. The zero-order valence-electron chi connectivity index (χ0n) is 10.9. The van der Waals surface area contributed by atoms with Crippen molar-refractivity contribution >= 4 is 0 Å². The lowest BCUT2D eigenvalue weighted by molar-refractivity contribution is -0.0848. The molecule has 0 aliphatic heterocycles. The maximum Gasteiger partial charge on any atom is 0.160 e. The summed E-state index contributed by atoms with van der Waals surface area (Å²) in [6.07, 6.45) is 5.18. The van der Waals surface area contributed by atoms with Crippen LogP contribution in [0, 0.1) is 6.92 Å². The monoisotopic (exact) mass is 235 g/mol. The maximum atomic E-state index is 5.61. The summed E-state index contributed by atoms with van der Waals surface area (Å²) in [6, 6.07) is 0. The summed E-state index contributed by atoms with van der Waals surface area (Å²) in [7, 11) is 1.76. The van der Waals surface area contributed by atoms with Crippen molar-refractivity contribution in [2.75, 3.05) is 13.7 Å². The Labute approximate surface area is 103 Å². The Morgan fingerprint density at radius 3 is 2.76 bits per heavy atom. The fraction of sp³-hybridized carbons (Fsp3) is 0.692. The fourth-order valence-corrected chi connectivity index (χ4v) is 2.14. The lowest BCUT2D eigenvalue weighted by Crippen LogP contribution is -2.38. The number of ether oxygens (including phenoxy) is 1. The first-order valence-electron chi connectivity index (χ1n) is 6.30. The predicted octanol–water partition coefficient (Wildman–Crippen LogP) is 1.92. The van der Waals surface area contributed by atoms with Crippen LogP contribution in [0.4, 0.5) is 0 Å². The summed E-state index contributed by atoms with van der Waals surface area (Å²) in [4.78, 5) is 9.12. The number of rotatable bonds is 5. The maximum absolute atomic E-state index is 5.61. The van der Waals surface area contributed by atoms with Crippen molar-refractivity contribution in [2.24, 2.45) is 0 Å². The van der Waals surface area contributed by atoms with Crippen molar-refractivity contribution < 1.29 is 4.74 Å². The van der Waals surface area contributed by atoms with Gasteiger partial charge in [-0.05, 0) is 38.3 Å². The van der Waals surface area contributed by atoms with Crippen LogP contribution in [0.5, 0.6) is 0 Å². The lowest BCUT2D eigenvalue weighted by Gasteiger charge is -2.38. The summed E-state index contributed by atoms with van der Waals surface area (Å²) < 4.78 is 5.61. The normalized spacial score (nSPS) is 17.8. The molecule has 1 aliphatic rings. The molecular formula is C13H21N3O. The number of aromatic nitrogens is 2. The number of methoxy groups -OCH3 is 1. The SMILES string of the molecule is CCNCc1nc(C2(OC)CCC2)ncc1C. The summed E-state index contributed by atoms with van der Waals surface area (Å²) in [5.74, 6) is 0.852. The van der Waals surface area contributed by atoms with E-state index < -0.39 is 0 Å². The molecular weight excluding hydrogens is 214 g/mol. The molecule has 1 N–H and O–H groups in total. The predicted molar refractivity (Wildman–Crippen MR) is 66.7 cm³/mol. The number of nitrogens with zero attached hydrogens (tertiary/aromatic N) is 2. The summed E-state index contributed by atoms with van der Waals surface area (Å²) in [6.45, 7) is 5.91. The Hall–Kier alpha value is -1.00. The molecule has 0 aromatic carbocycles. The third kappa shape index (κ3) is 2.33. The minimum absolute atomic E-state index is 0.214. The molecule has 17 heavy (non-hydrogen) atoms. The van der Waals surface area contributed by atoms with Crippen LogP contribution < -0.4 is 5.32 Å². The van der Waals surface area contributed by atoms with E-state index in [0.29, 0.717) is 0 Å². The van der Waals surface area contributed by atoms with Gasteiger partial charge in [0.2, 0.25) is 0 Å².